The zero-order valence-electron chi connectivity index (χ0n) is 3.79. The molecule has 2 atom stereocenters. The molecular weight excluding hydrogens is 90.1 g/mol. The molecule has 0 heterocycles. The third-order valence-corrected chi connectivity index (χ3v) is 1.71. The average molecular weight is 95.1 g/mol. The molecule has 0 bridgehead atoms. The smallest absolute Gasteiger partial charge is 0.106 e. The quantitative estimate of drug-likeness (QED) is 0.354. The number of rotatable bonds is 1. The first kappa shape index (κ1) is 3.36. The summed E-state index contributed by atoms with van der Waals surface area (Å²) in [6, 6.07) is 0.134. The van der Waals surface area contributed by atoms with Crippen molar-refractivity contribution in [2.45, 2.75) is 12.5 Å². The summed E-state index contributed by atoms with van der Waals surface area (Å²) < 4.78 is 0. The van der Waals surface area contributed by atoms with Crippen molar-refractivity contribution in [3.63, 3.8) is 0 Å². The molecule has 0 amide bonds. The minimum Gasteiger partial charge on any atom is -0.150 e. The largest absolute Gasteiger partial charge is 0.150 e. The predicted octanol–water partition coefficient (Wildman–Crippen LogP) is 1.08. The number of fused-ring (bicyclic) bond motifs is 1. The van der Waals surface area contributed by atoms with E-state index in [1.807, 2.05) is 0 Å². The van der Waals surface area contributed by atoms with Crippen LogP contribution >= 0.6 is 0 Å². The number of hydrogen-bond acceptors (Lipinski definition) is 2. The SMILES string of the molecule is O=NC1CC2=CC21. The van der Waals surface area contributed by atoms with Crippen molar-refractivity contribution in [2.24, 2.45) is 11.1 Å². The lowest BCUT2D eigenvalue weighted by Gasteiger charge is -2.15. The molecule has 2 nitrogen and oxygen atoms in total. The molecule has 2 unspecified atom stereocenters. The Bertz CT molecular complexity index is 150. The highest BCUT2D eigenvalue weighted by atomic mass is 16.3. The molecule has 2 rings (SSSR count). The second kappa shape index (κ2) is 0.782. The van der Waals surface area contributed by atoms with Gasteiger partial charge in [-0.1, -0.05) is 16.8 Å². The van der Waals surface area contributed by atoms with Gasteiger partial charge in [0.05, 0.1) is 0 Å². The molecule has 7 heavy (non-hydrogen) atoms. The van der Waals surface area contributed by atoms with E-state index < -0.39 is 0 Å². The van der Waals surface area contributed by atoms with E-state index in [1.165, 1.54) is 5.57 Å². The maximum Gasteiger partial charge on any atom is 0.106 e. The molecule has 36 valence electrons. The van der Waals surface area contributed by atoms with Gasteiger partial charge in [0.15, 0.2) is 0 Å². The number of hydrogen-bond donors (Lipinski definition) is 0. The summed E-state index contributed by atoms with van der Waals surface area (Å²) in [5.41, 5.74) is 1.45. The molecular formula is C5H5NO. The summed E-state index contributed by atoms with van der Waals surface area (Å²) in [5.74, 6) is 0.525. The van der Waals surface area contributed by atoms with Gasteiger partial charge in [0.2, 0.25) is 0 Å². The van der Waals surface area contributed by atoms with Crippen LogP contribution in [0.4, 0.5) is 0 Å². The summed E-state index contributed by atoms with van der Waals surface area (Å²) in [6.45, 7) is 0. The molecule has 0 saturated heterocycles. The van der Waals surface area contributed by atoms with Gasteiger partial charge < -0.3 is 0 Å². The number of nitrogens with zero attached hydrogens (tertiary/aromatic N) is 1. The highest BCUT2D eigenvalue weighted by molar-refractivity contribution is 5.41. The van der Waals surface area contributed by atoms with Gasteiger partial charge in [-0.15, -0.1) is 0 Å². The Balaban J connectivity index is 2.07. The monoisotopic (exact) mass is 95.0 g/mol. The molecule has 2 aliphatic rings. The van der Waals surface area contributed by atoms with Crippen LogP contribution in [0, 0.1) is 10.8 Å². The molecule has 0 N–H and O–H groups in total. The molecule has 2 aliphatic carbocycles. The lowest BCUT2D eigenvalue weighted by molar-refractivity contribution is 0.520. The Kier molecular flexibility index (Phi) is 0.375. The Morgan fingerprint density at radius 2 is 2.71 bits per heavy atom. The van der Waals surface area contributed by atoms with Crippen LogP contribution in [0.25, 0.3) is 0 Å². The Morgan fingerprint density at radius 1 is 1.86 bits per heavy atom. The summed E-state index contributed by atoms with van der Waals surface area (Å²) in [7, 11) is 0. The van der Waals surface area contributed by atoms with Crippen LogP contribution in [0.1, 0.15) is 6.42 Å². The third-order valence-electron chi connectivity index (χ3n) is 1.71. The number of nitroso groups, excluding NO2 is 1. The molecule has 0 aromatic carbocycles. The summed E-state index contributed by atoms with van der Waals surface area (Å²) >= 11 is 0. The molecule has 0 aromatic heterocycles. The maximum absolute atomic E-state index is 9.74. The van der Waals surface area contributed by atoms with E-state index in [1.54, 1.807) is 0 Å². The normalized spacial score (nSPS) is 43.1. The van der Waals surface area contributed by atoms with Crippen molar-refractivity contribution in [3.8, 4) is 0 Å². The highest BCUT2D eigenvalue weighted by Gasteiger charge is 2.44. The minimum atomic E-state index is 0.134. The van der Waals surface area contributed by atoms with Crippen LogP contribution in [0.3, 0.4) is 0 Å². The van der Waals surface area contributed by atoms with Gasteiger partial charge in [-0.25, -0.2) is 0 Å². The van der Waals surface area contributed by atoms with Gasteiger partial charge in [-0.05, 0) is 6.42 Å². The second-order valence-corrected chi connectivity index (χ2v) is 2.14. The zero-order chi connectivity index (χ0) is 4.85. The van der Waals surface area contributed by atoms with E-state index in [0.717, 1.165) is 6.42 Å². The highest BCUT2D eigenvalue weighted by Crippen LogP contribution is 2.49. The third kappa shape index (κ3) is 0.253. The Hall–Kier alpha value is -0.660. The van der Waals surface area contributed by atoms with Crippen molar-refractivity contribution in [1.82, 2.24) is 0 Å². The standard InChI is InChI=1S/C5H5NO/c7-6-5-2-3-1-4(3)5/h1,4-5H,2H2. The fourth-order valence-electron chi connectivity index (χ4n) is 1.06. The minimum absolute atomic E-state index is 0.134. The fraction of sp³-hybridized carbons (Fsp3) is 0.600. The lowest BCUT2D eigenvalue weighted by atomic mass is 9.93. The lowest BCUT2D eigenvalue weighted by Crippen LogP contribution is -2.17. The topological polar surface area (TPSA) is 29.4 Å². The molecule has 0 radical (unpaired) electrons. The van der Waals surface area contributed by atoms with Crippen LogP contribution in [0.5, 0.6) is 0 Å². The molecule has 0 spiro atoms. The van der Waals surface area contributed by atoms with E-state index >= 15 is 0 Å². The van der Waals surface area contributed by atoms with E-state index in [-0.39, 0.29) is 6.04 Å². The van der Waals surface area contributed by atoms with E-state index in [0.29, 0.717) is 5.92 Å². The van der Waals surface area contributed by atoms with Crippen molar-refractivity contribution in [1.29, 1.82) is 0 Å². The Labute approximate surface area is 41.2 Å². The summed E-state index contributed by atoms with van der Waals surface area (Å²) in [6.07, 6.45) is 3.07. The fourth-order valence-corrected chi connectivity index (χ4v) is 1.06. The first-order chi connectivity index (χ1) is 3.42. The molecule has 1 fully saturated rings. The molecule has 0 aromatic rings. The van der Waals surface area contributed by atoms with Crippen LogP contribution in [0.2, 0.25) is 0 Å². The zero-order valence-corrected chi connectivity index (χ0v) is 3.79. The molecule has 0 aliphatic heterocycles. The first-order valence-electron chi connectivity index (χ1n) is 2.45. The van der Waals surface area contributed by atoms with Gasteiger partial charge in [0.25, 0.3) is 0 Å². The second-order valence-electron chi connectivity index (χ2n) is 2.14. The summed E-state index contributed by atoms with van der Waals surface area (Å²) in [5, 5.41) is 2.91. The van der Waals surface area contributed by atoms with Gasteiger partial charge in [-0.3, -0.25) is 0 Å². The molecule has 2 heteroatoms. The molecule has 1 saturated carbocycles. The van der Waals surface area contributed by atoms with Gasteiger partial charge in [-0.2, -0.15) is 4.91 Å². The van der Waals surface area contributed by atoms with E-state index in [2.05, 4.69) is 11.3 Å². The average Bonchev–Trinajstić information content (AvgIpc) is 2.18. The predicted molar refractivity (Wildman–Crippen MR) is 25.8 cm³/mol. The summed E-state index contributed by atoms with van der Waals surface area (Å²) in [4.78, 5) is 9.74. The Morgan fingerprint density at radius 3 is 2.86 bits per heavy atom. The van der Waals surface area contributed by atoms with Gasteiger partial charge >= 0.3 is 0 Å². The maximum atomic E-state index is 9.74. The van der Waals surface area contributed by atoms with Crippen LogP contribution in [-0.2, 0) is 0 Å². The van der Waals surface area contributed by atoms with E-state index in [9.17, 15) is 4.91 Å². The van der Waals surface area contributed by atoms with Gasteiger partial charge in [0.1, 0.15) is 6.04 Å². The van der Waals surface area contributed by atoms with Crippen molar-refractivity contribution < 1.29 is 0 Å². The van der Waals surface area contributed by atoms with Crippen molar-refractivity contribution in [3.05, 3.63) is 16.6 Å². The van der Waals surface area contributed by atoms with Crippen LogP contribution in [0.15, 0.2) is 16.8 Å². The van der Waals surface area contributed by atoms with Crippen molar-refractivity contribution >= 4 is 0 Å². The van der Waals surface area contributed by atoms with Crippen LogP contribution in [-0.4, -0.2) is 6.04 Å². The van der Waals surface area contributed by atoms with Crippen molar-refractivity contribution in [2.75, 3.05) is 0 Å². The van der Waals surface area contributed by atoms with E-state index in [4.69, 9.17) is 0 Å². The van der Waals surface area contributed by atoms with Gasteiger partial charge in [0, 0.05) is 5.92 Å². The van der Waals surface area contributed by atoms with Crippen LogP contribution < -0.4 is 0 Å². The first-order valence-corrected chi connectivity index (χ1v) is 2.45.